The van der Waals surface area contributed by atoms with Gasteiger partial charge in [0, 0.05) is 18.7 Å². The molecular weight excluding hydrogens is 228 g/mol. The molecule has 0 radical (unpaired) electrons. The van der Waals surface area contributed by atoms with E-state index in [1.54, 1.807) is 12.1 Å². The van der Waals surface area contributed by atoms with Crippen molar-refractivity contribution in [1.29, 1.82) is 0 Å². The van der Waals surface area contributed by atoms with Gasteiger partial charge < -0.3 is 0 Å². The molecule has 1 saturated heterocycles. The maximum Gasteiger partial charge on any atom is 0.269 e. The molecule has 98 valence electrons. The average molecular weight is 248 g/mol. The maximum absolute atomic E-state index is 10.6. The molecule has 18 heavy (non-hydrogen) atoms. The van der Waals surface area contributed by atoms with Crippen molar-refractivity contribution in [3.05, 3.63) is 39.9 Å². The normalized spacial score (nSPS) is 17.8. The number of piperidine rings is 1. The van der Waals surface area contributed by atoms with Crippen LogP contribution in [0.4, 0.5) is 5.69 Å². The fourth-order valence-corrected chi connectivity index (χ4v) is 2.53. The second-order valence-electron chi connectivity index (χ2n) is 5.05. The summed E-state index contributed by atoms with van der Waals surface area (Å²) >= 11 is 0. The third kappa shape index (κ3) is 3.29. The Morgan fingerprint density at radius 3 is 2.39 bits per heavy atom. The molecule has 1 heterocycles. The average Bonchev–Trinajstić information content (AvgIpc) is 2.40. The summed E-state index contributed by atoms with van der Waals surface area (Å²) in [5.41, 5.74) is 1.33. The molecular formula is C14H20N2O2. The summed E-state index contributed by atoms with van der Waals surface area (Å²) in [6.07, 6.45) is 3.85. The molecule has 0 saturated carbocycles. The fraction of sp³-hybridized carbons (Fsp3) is 0.571. The summed E-state index contributed by atoms with van der Waals surface area (Å²) < 4.78 is 0. The van der Waals surface area contributed by atoms with Crippen LogP contribution in [-0.4, -0.2) is 22.9 Å². The van der Waals surface area contributed by atoms with E-state index in [9.17, 15) is 10.1 Å². The molecule has 0 bridgehead atoms. The van der Waals surface area contributed by atoms with Gasteiger partial charge in [-0.15, -0.1) is 0 Å². The lowest BCUT2D eigenvalue weighted by atomic mass is 9.94. The molecule has 1 fully saturated rings. The quantitative estimate of drug-likeness (QED) is 0.607. The number of hydrogen-bond donors (Lipinski definition) is 0. The van der Waals surface area contributed by atoms with Crippen LogP contribution in [0, 0.1) is 16.0 Å². The number of nitro benzene ring substituents is 1. The molecule has 0 N–H and O–H groups in total. The first kappa shape index (κ1) is 13.0. The van der Waals surface area contributed by atoms with Crippen LogP contribution in [0.3, 0.4) is 0 Å². The predicted molar refractivity (Wildman–Crippen MR) is 71.4 cm³/mol. The minimum Gasteiger partial charge on any atom is -0.299 e. The predicted octanol–water partition coefficient (Wildman–Crippen LogP) is 3.22. The highest BCUT2D eigenvalue weighted by Crippen LogP contribution is 2.21. The van der Waals surface area contributed by atoms with Gasteiger partial charge in [-0.05, 0) is 37.4 Å². The van der Waals surface area contributed by atoms with Gasteiger partial charge in [0.15, 0.2) is 0 Å². The number of likely N-dealkylation sites (tertiary alicyclic amines) is 1. The van der Waals surface area contributed by atoms with E-state index >= 15 is 0 Å². The van der Waals surface area contributed by atoms with Gasteiger partial charge in [0.25, 0.3) is 5.69 Å². The van der Waals surface area contributed by atoms with Crippen LogP contribution in [-0.2, 0) is 6.54 Å². The largest absolute Gasteiger partial charge is 0.299 e. The molecule has 4 heteroatoms. The van der Waals surface area contributed by atoms with Crippen LogP contribution >= 0.6 is 0 Å². The minimum absolute atomic E-state index is 0.170. The highest BCUT2D eigenvalue weighted by atomic mass is 16.6. The van der Waals surface area contributed by atoms with Crippen molar-refractivity contribution in [2.75, 3.05) is 13.1 Å². The number of rotatable bonds is 4. The SMILES string of the molecule is CCC1CCN(Cc2ccc([N+](=O)[O-])cc2)CC1. The van der Waals surface area contributed by atoms with Crippen LogP contribution < -0.4 is 0 Å². The lowest BCUT2D eigenvalue weighted by Crippen LogP contribution is -2.32. The van der Waals surface area contributed by atoms with E-state index in [1.165, 1.54) is 19.3 Å². The zero-order valence-corrected chi connectivity index (χ0v) is 10.8. The number of hydrogen-bond acceptors (Lipinski definition) is 3. The second kappa shape index (κ2) is 5.96. The molecule has 1 aliphatic rings. The summed E-state index contributed by atoms with van der Waals surface area (Å²) in [6.45, 7) is 5.47. The van der Waals surface area contributed by atoms with E-state index in [2.05, 4.69) is 11.8 Å². The Kier molecular flexibility index (Phi) is 4.31. The summed E-state index contributed by atoms with van der Waals surface area (Å²) in [4.78, 5) is 12.7. The lowest BCUT2D eigenvalue weighted by molar-refractivity contribution is -0.384. The monoisotopic (exact) mass is 248 g/mol. The van der Waals surface area contributed by atoms with Crippen molar-refractivity contribution in [3.63, 3.8) is 0 Å². The van der Waals surface area contributed by atoms with Crippen molar-refractivity contribution in [2.24, 2.45) is 5.92 Å². The van der Waals surface area contributed by atoms with Gasteiger partial charge in [0.2, 0.25) is 0 Å². The van der Waals surface area contributed by atoms with E-state index in [1.807, 2.05) is 12.1 Å². The van der Waals surface area contributed by atoms with Crippen molar-refractivity contribution in [1.82, 2.24) is 4.90 Å². The Morgan fingerprint density at radius 2 is 1.89 bits per heavy atom. The highest BCUT2D eigenvalue weighted by Gasteiger charge is 2.17. The molecule has 0 unspecified atom stereocenters. The number of non-ortho nitro benzene ring substituents is 1. The summed E-state index contributed by atoms with van der Waals surface area (Å²) in [5.74, 6) is 0.887. The summed E-state index contributed by atoms with van der Waals surface area (Å²) in [7, 11) is 0. The Labute approximate surface area is 108 Å². The fourth-order valence-electron chi connectivity index (χ4n) is 2.53. The van der Waals surface area contributed by atoms with Gasteiger partial charge in [0.05, 0.1) is 4.92 Å². The Morgan fingerprint density at radius 1 is 1.28 bits per heavy atom. The van der Waals surface area contributed by atoms with Gasteiger partial charge in [-0.25, -0.2) is 0 Å². The molecule has 0 atom stereocenters. The Balaban J connectivity index is 1.88. The van der Waals surface area contributed by atoms with Crippen LogP contribution in [0.25, 0.3) is 0 Å². The highest BCUT2D eigenvalue weighted by molar-refractivity contribution is 5.32. The molecule has 1 aliphatic heterocycles. The van der Waals surface area contributed by atoms with Crippen LogP contribution in [0.15, 0.2) is 24.3 Å². The molecule has 1 aromatic rings. The minimum atomic E-state index is -0.351. The molecule has 0 aliphatic carbocycles. The zero-order valence-electron chi connectivity index (χ0n) is 10.8. The maximum atomic E-state index is 10.6. The van der Waals surface area contributed by atoms with E-state index in [0.717, 1.165) is 31.1 Å². The summed E-state index contributed by atoms with van der Waals surface area (Å²) in [5, 5.41) is 10.6. The van der Waals surface area contributed by atoms with Gasteiger partial charge in [0.1, 0.15) is 0 Å². The number of nitro groups is 1. The van der Waals surface area contributed by atoms with Gasteiger partial charge in [-0.2, -0.15) is 0 Å². The second-order valence-corrected chi connectivity index (χ2v) is 5.05. The van der Waals surface area contributed by atoms with E-state index < -0.39 is 0 Å². The van der Waals surface area contributed by atoms with Crippen molar-refractivity contribution < 1.29 is 4.92 Å². The third-order valence-electron chi connectivity index (χ3n) is 3.84. The van der Waals surface area contributed by atoms with Gasteiger partial charge >= 0.3 is 0 Å². The molecule has 1 aromatic carbocycles. The topological polar surface area (TPSA) is 46.4 Å². The van der Waals surface area contributed by atoms with Crippen molar-refractivity contribution >= 4 is 5.69 Å². The smallest absolute Gasteiger partial charge is 0.269 e. The van der Waals surface area contributed by atoms with E-state index in [4.69, 9.17) is 0 Å². The van der Waals surface area contributed by atoms with Gasteiger partial charge in [-0.1, -0.05) is 25.5 Å². The van der Waals surface area contributed by atoms with Crippen molar-refractivity contribution in [2.45, 2.75) is 32.7 Å². The van der Waals surface area contributed by atoms with E-state index in [-0.39, 0.29) is 10.6 Å². The van der Waals surface area contributed by atoms with Crippen LogP contribution in [0.1, 0.15) is 31.7 Å². The molecule has 0 spiro atoms. The standard InChI is InChI=1S/C14H20N2O2/c1-2-12-7-9-15(10-8-12)11-13-3-5-14(6-4-13)16(17)18/h3-6,12H,2,7-11H2,1H3. The molecule has 0 aromatic heterocycles. The van der Waals surface area contributed by atoms with Crippen LogP contribution in [0.5, 0.6) is 0 Å². The van der Waals surface area contributed by atoms with Crippen LogP contribution in [0.2, 0.25) is 0 Å². The third-order valence-corrected chi connectivity index (χ3v) is 3.84. The Bertz CT molecular complexity index is 395. The zero-order chi connectivity index (χ0) is 13.0. The summed E-state index contributed by atoms with van der Waals surface area (Å²) in [6, 6.07) is 6.91. The van der Waals surface area contributed by atoms with Gasteiger partial charge in [-0.3, -0.25) is 15.0 Å². The molecule has 2 rings (SSSR count). The number of nitrogens with zero attached hydrogens (tertiary/aromatic N) is 2. The first-order valence-electron chi connectivity index (χ1n) is 6.64. The molecule has 0 amide bonds. The lowest BCUT2D eigenvalue weighted by Gasteiger charge is -2.31. The first-order valence-corrected chi connectivity index (χ1v) is 6.64. The molecule has 4 nitrogen and oxygen atoms in total. The van der Waals surface area contributed by atoms with Crippen molar-refractivity contribution in [3.8, 4) is 0 Å². The number of benzene rings is 1. The first-order chi connectivity index (χ1) is 8.69. The Hall–Kier alpha value is -1.42. The van der Waals surface area contributed by atoms with E-state index in [0.29, 0.717) is 0 Å².